The number of thiophene rings is 1. The van der Waals surface area contributed by atoms with Crippen LogP contribution in [0, 0.1) is 13.8 Å². The molecule has 0 atom stereocenters. The molecule has 0 aliphatic carbocycles. The van der Waals surface area contributed by atoms with Crippen LogP contribution in [0.3, 0.4) is 0 Å². The van der Waals surface area contributed by atoms with E-state index in [1.165, 1.54) is 16.8 Å². The first kappa shape index (κ1) is 16.8. The molecule has 5 nitrogen and oxygen atoms in total. The van der Waals surface area contributed by atoms with Crippen molar-refractivity contribution in [2.45, 2.75) is 13.8 Å². The molecule has 0 saturated carbocycles. The number of amides is 1. The van der Waals surface area contributed by atoms with Crippen molar-refractivity contribution in [3.8, 4) is 10.6 Å². The summed E-state index contributed by atoms with van der Waals surface area (Å²) in [6.07, 6.45) is 0. The van der Waals surface area contributed by atoms with Crippen molar-refractivity contribution in [2.75, 3.05) is 31.1 Å². The molecule has 1 aromatic carbocycles. The Bertz CT molecular complexity index is 909. The number of piperazine rings is 1. The van der Waals surface area contributed by atoms with E-state index in [9.17, 15) is 4.79 Å². The maximum absolute atomic E-state index is 12.7. The number of aryl methyl sites for hydroxylation is 1. The van der Waals surface area contributed by atoms with E-state index in [4.69, 9.17) is 4.52 Å². The fraction of sp³-hybridized carbons (Fsp3) is 0.300. The molecule has 1 amide bonds. The molecule has 3 aromatic rings. The quantitative estimate of drug-likeness (QED) is 0.702. The maximum atomic E-state index is 12.7. The molecule has 0 bridgehead atoms. The molecule has 26 heavy (non-hydrogen) atoms. The van der Waals surface area contributed by atoms with Crippen molar-refractivity contribution in [3.63, 3.8) is 0 Å². The number of benzene rings is 1. The van der Waals surface area contributed by atoms with Gasteiger partial charge in [-0.1, -0.05) is 23.4 Å². The zero-order valence-corrected chi connectivity index (χ0v) is 15.8. The van der Waals surface area contributed by atoms with Crippen LogP contribution in [0.2, 0.25) is 0 Å². The van der Waals surface area contributed by atoms with Gasteiger partial charge in [0.1, 0.15) is 0 Å². The second-order valence-electron chi connectivity index (χ2n) is 6.55. The van der Waals surface area contributed by atoms with Gasteiger partial charge in [-0.25, -0.2) is 0 Å². The summed E-state index contributed by atoms with van der Waals surface area (Å²) in [7, 11) is 0. The third-order valence-corrected chi connectivity index (χ3v) is 5.86. The number of carbonyl (C=O) groups excluding carboxylic acids is 1. The number of hydrogen-bond acceptors (Lipinski definition) is 5. The molecule has 6 heteroatoms. The van der Waals surface area contributed by atoms with E-state index in [0.29, 0.717) is 24.5 Å². The maximum Gasteiger partial charge on any atom is 0.276 e. The summed E-state index contributed by atoms with van der Waals surface area (Å²) < 4.78 is 5.34. The van der Waals surface area contributed by atoms with Crippen molar-refractivity contribution in [3.05, 3.63) is 58.6 Å². The van der Waals surface area contributed by atoms with E-state index in [0.717, 1.165) is 18.0 Å². The van der Waals surface area contributed by atoms with Crippen molar-refractivity contribution in [2.24, 2.45) is 0 Å². The zero-order chi connectivity index (χ0) is 18.1. The van der Waals surface area contributed by atoms with E-state index in [-0.39, 0.29) is 5.91 Å². The Morgan fingerprint density at radius 3 is 2.65 bits per heavy atom. The number of rotatable bonds is 3. The number of nitrogens with zero attached hydrogens (tertiary/aromatic N) is 3. The van der Waals surface area contributed by atoms with Crippen LogP contribution in [0.4, 0.5) is 5.69 Å². The number of carbonyl (C=O) groups is 1. The van der Waals surface area contributed by atoms with Gasteiger partial charge in [0.2, 0.25) is 0 Å². The first-order valence-electron chi connectivity index (χ1n) is 8.74. The molecule has 2 aromatic heterocycles. The summed E-state index contributed by atoms with van der Waals surface area (Å²) in [4.78, 5) is 17.9. The molecule has 4 rings (SSSR count). The second-order valence-corrected chi connectivity index (χ2v) is 7.50. The Kier molecular flexibility index (Phi) is 4.51. The van der Waals surface area contributed by atoms with Crippen LogP contribution in [-0.2, 0) is 0 Å². The number of anilines is 1. The normalized spacial score (nSPS) is 14.7. The summed E-state index contributed by atoms with van der Waals surface area (Å²) in [6.45, 7) is 7.32. The third kappa shape index (κ3) is 3.12. The first-order valence-corrected chi connectivity index (χ1v) is 9.62. The summed E-state index contributed by atoms with van der Waals surface area (Å²) in [5.74, 6) is 0.592. The first-order chi connectivity index (χ1) is 12.6. The lowest BCUT2D eigenvalue weighted by Crippen LogP contribution is -2.49. The van der Waals surface area contributed by atoms with Crippen molar-refractivity contribution >= 4 is 22.9 Å². The summed E-state index contributed by atoms with van der Waals surface area (Å²) in [5, 5.41) is 5.96. The lowest BCUT2D eigenvalue weighted by atomic mass is 10.1. The van der Waals surface area contributed by atoms with Crippen molar-refractivity contribution in [1.29, 1.82) is 0 Å². The lowest BCUT2D eigenvalue weighted by Gasteiger charge is -2.36. The Morgan fingerprint density at radius 1 is 1.12 bits per heavy atom. The Balaban J connectivity index is 1.43. The fourth-order valence-electron chi connectivity index (χ4n) is 3.30. The van der Waals surface area contributed by atoms with Crippen LogP contribution < -0.4 is 4.90 Å². The van der Waals surface area contributed by atoms with Gasteiger partial charge in [-0.05, 0) is 42.5 Å². The molecule has 1 saturated heterocycles. The Labute approximate surface area is 156 Å². The molecule has 1 fully saturated rings. The highest BCUT2D eigenvalue weighted by atomic mass is 32.1. The summed E-state index contributed by atoms with van der Waals surface area (Å²) in [6, 6.07) is 12.0. The average molecular weight is 367 g/mol. The molecule has 134 valence electrons. The molecule has 0 spiro atoms. The SMILES string of the molecule is Cc1cccc(N2CCN(C(=O)c3cc(-c4cccs4)on3)CC2)c1C. The monoisotopic (exact) mass is 367 g/mol. The van der Waals surface area contributed by atoms with E-state index in [1.54, 1.807) is 17.4 Å². The van der Waals surface area contributed by atoms with Gasteiger partial charge < -0.3 is 14.3 Å². The predicted octanol–water partition coefficient (Wildman–Crippen LogP) is 3.98. The van der Waals surface area contributed by atoms with Gasteiger partial charge in [-0.15, -0.1) is 11.3 Å². The summed E-state index contributed by atoms with van der Waals surface area (Å²) >= 11 is 1.57. The van der Waals surface area contributed by atoms with Gasteiger partial charge in [0.05, 0.1) is 4.88 Å². The topological polar surface area (TPSA) is 49.6 Å². The Hall–Kier alpha value is -2.60. The van der Waals surface area contributed by atoms with Crippen molar-refractivity contribution in [1.82, 2.24) is 10.1 Å². The third-order valence-electron chi connectivity index (χ3n) is 4.98. The van der Waals surface area contributed by atoms with E-state index in [2.05, 4.69) is 42.1 Å². The van der Waals surface area contributed by atoms with Crippen LogP contribution >= 0.6 is 11.3 Å². The minimum Gasteiger partial charge on any atom is -0.368 e. The molecular formula is C20H21N3O2S. The Morgan fingerprint density at radius 2 is 1.92 bits per heavy atom. The van der Waals surface area contributed by atoms with Crippen LogP contribution in [0.5, 0.6) is 0 Å². The van der Waals surface area contributed by atoms with Gasteiger partial charge in [0.15, 0.2) is 11.5 Å². The van der Waals surface area contributed by atoms with Gasteiger partial charge in [-0.3, -0.25) is 4.79 Å². The van der Waals surface area contributed by atoms with Crippen LogP contribution in [-0.4, -0.2) is 42.1 Å². The highest BCUT2D eigenvalue weighted by molar-refractivity contribution is 7.13. The van der Waals surface area contributed by atoms with Crippen LogP contribution in [0.25, 0.3) is 10.6 Å². The van der Waals surface area contributed by atoms with Crippen molar-refractivity contribution < 1.29 is 9.32 Å². The van der Waals surface area contributed by atoms with Gasteiger partial charge >= 0.3 is 0 Å². The molecular weight excluding hydrogens is 346 g/mol. The standard InChI is InChI=1S/C20H21N3O2S/c1-14-5-3-6-17(15(14)2)22-8-10-23(11-9-22)20(24)16-13-18(25-21-16)19-7-4-12-26-19/h3-7,12-13H,8-11H2,1-2H3. The highest BCUT2D eigenvalue weighted by Crippen LogP contribution is 2.27. The molecule has 0 N–H and O–H groups in total. The summed E-state index contributed by atoms with van der Waals surface area (Å²) in [5.41, 5.74) is 4.25. The number of aromatic nitrogens is 1. The van der Waals surface area contributed by atoms with Crippen LogP contribution in [0.15, 0.2) is 46.3 Å². The molecule has 1 aliphatic rings. The molecule has 1 aliphatic heterocycles. The van der Waals surface area contributed by atoms with E-state index < -0.39 is 0 Å². The average Bonchev–Trinajstić information content (AvgIpc) is 3.35. The fourth-order valence-corrected chi connectivity index (χ4v) is 3.97. The number of hydrogen-bond donors (Lipinski definition) is 0. The van der Waals surface area contributed by atoms with E-state index in [1.807, 2.05) is 22.4 Å². The predicted molar refractivity (Wildman–Crippen MR) is 104 cm³/mol. The second kappa shape index (κ2) is 6.96. The smallest absolute Gasteiger partial charge is 0.276 e. The van der Waals surface area contributed by atoms with Gasteiger partial charge in [0.25, 0.3) is 5.91 Å². The lowest BCUT2D eigenvalue weighted by molar-refractivity contribution is 0.0736. The minimum atomic E-state index is -0.0582. The zero-order valence-electron chi connectivity index (χ0n) is 14.9. The molecule has 3 heterocycles. The van der Waals surface area contributed by atoms with Gasteiger partial charge in [0, 0.05) is 37.9 Å². The minimum absolute atomic E-state index is 0.0582. The van der Waals surface area contributed by atoms with E-state index >= 15 is 0 Å². The highest BCUT2D eigenvalue weighted by Gasteiger charge is 2.25. The van der Waals surface area contributed by atoms with Crippen LogP contribution in [0.1, 0.15) is 21.6 Å². The molecule has 0 unspecified atom stereocenters. The molecule has 0 radical (unpaired) electrons. The van der Waals surface area contributed by atoms with Gasteiger partial charge in [-0.2, -0.15) is 0 Å². The largest absolute Gasteiger partial charge is 0.368 e.